The van der Waals surface area contributed by atoms with Gasteiger partial charge in [0.1, 0.15) is 6.17 Å². The quantitative estimate of drug-likeness (QED) is 0.612. The van der Waals surface area contributed by atoms with Gasteiger partial charge in [0.2, 0.25) is 0 Å². The number of anilines is 1. The summed E-state index contributed by atoms with van der Waals surface area (Å²) in [6.07, 6.45) is 5.79. The van der Waals surface area contributed by atoms with Gasteiger partial charge in [0, 0.05) is 30.9 Å². The predicted octanol–water partition coefficient (Wildman–Crippen LogP) is 5.65. The number of nitrogens with zero attached hydrogens (tertiary/aromatic N) is 2. The van der Waals surface area contributed by atoms with E-state index in [9.17, 15) is 0 Å². The lowest BCUT2D eigenvalue weighted by Crippen LogP contribution is -2.34. The number of benzene rings is 2. The van der Waals surface area contributed by atoms with Gasteiger partial charge in [-0.15, -0.1) is 17.0 Å². The van der Waals surface area contributed by atoms with Crippen LogP contribution in [-0.2, 0) is 0 Å². The van der Waals surface area contributed by atoms with Crippen LogP contribution in [0.1, 0.15) is 44.3 Å². The molecule has 128 valence electrons. The van der Waals surface area contributed by atoms with Gasteiger partial charge in [0.15, 0.2) is 0 Å². The van der Waals surface area contributed by atoms with Gasteiger partial charge in [0.25, 0.3) is 0 Å². The lowest BCUT2D eigenvalue weighted by molar-refractivity contribution is 0.252. The van der Waals surface area contributed by atoms with E-state index in [1.54, 1.807) is 0 Å². The van der Waals surface area contributed by atoms with Crippen molar-refractivity contribution in [3.63, 3.8) is 0 Å². The Labute approximate surface area is 156 Å². The lowest BCUT2D eigenvalue weighted by atomic mass is 9.91. The van der Waals surface area contributed by atoms with Crippen molar-refractivity contribution in [3.8, 4) is 11.1 Å². The average Bonchev–Trinajstić information content (AvgIpc) is 3.03. The third-order valence-electron chi connectivity index (χ3n) is 5.31. The van der Waals surface area contributed by atoms with Crippen molar-refractivity contribution < 1.29 is 0 Å². The Morgan fingerprint density at radius 3 is 2.46 bits per heavy atom. The van der Waals surface area contributed by atoms with Crippen molar-refractivity contribution in [3.05, 3.63) is 54.1 Å². The smallest absolute Gasteiger partial charge is 0.109 e. The highest BCUT2D eigenvalue weighted by Crippen LogP contribution is 2.47. The molecular formula is C21H27BrN2. The second kappa shape index (κ2) is 7.71. The van der Waals surface area contributed by atoms with Crippen molar-refractivity contribution in [1.29, 1.82) is 0 Å². The Morgan fingerprint density at radius 1 is 0.875 bits per heavy atom. The minimum Gasteiger partial charge on any atom is -0.350 e. The van der Waals surface area contributed by atoms with Gasteiger partial charge in [-0.2, -0.15) is 0 Å². The second-order valence-corrected chi connectivity index (χ2v) is 6.77. The fourth-order valence-corrected chi connectivity index (χ4v) is 4.19. The number of para-hydroxylation sites is 1. The van der Waals surface area contributed by atoms with Crippen LogP contribution in [0, 0.1) is 0 Å². The Hall–Kier alpha value is -1.32. The average molecular weight is 387 g/mol. The highest BCUT2D eigenvalue weighted by Gasteiger charge is 2.38. The number of fused-ring (bicyclic) bond motifs is 6. The topological polar surface area (TPSA) is 6.48 Å². The zero-order chi connectivity index (χ0) is 15.6. The molecule has 2 aromatic rings. The summed E-state index contributed by atoms with van der Waals surface area (Å²) in [5, 5.41) is 0. The van der Waals surface area contributed by atoms with E-state index in [0.717, 1.165) is 6.54 Å². The van der Waals surface area contributed by atoms with E-state index in [-0.39, 0.29) is 17.0 Å². The molecule has 1 atom stereocenters. The largest absolute Gasteiger partial charge is 0.350 e. The van der Waals surface area contributed by atoms with Gasteiger partial charge in [0.05, 0.1) is 0 Å². The molecular weight excluding hydrogens is 360 g/mol. The molecule has 2 heterocycles. The molecule has 2 nitrogen and oxygen atoms in total. The van der Waals surface area contributed by atoms with Crippen LogP contribution in [0.15, 0.2) is 48.5 Å². The first kappa shape index (κ1) is 17.5. The first-order valence-electron chi connectivity index (χ1n) is 9.09. The van der Waals surface area contributed by atoms with Crippen LogP contribution in [0.25, 0.3) is 11.1 Å². The Balaban J connectivity index is 0.00000169. The standard InChI is InChI=1S/C21H26N2.BrH/c1-2-3-4-9-14-22-15-16-23-20-13-8-7-11-18(20)17-10-5-6-12-19(17)21(22)23;/h5-8,10-13,21H,2-4,9,14-16H2,1H3;1H. The molecule has 0 radical (unpaired) electrons. The minimum atomic E-state index is 0. The van der Waals surface area contributed by atoms with E-state index in [4.69, 9.17) is 0 Å². The summed E-state index contributed by atoms with van der Waals surface area (Å²) in [6.45, 7) is 5.83. The van der Waals surface area contributed by atoms with Crippen molar-refractivity contribution >= 4 is 22.7 Å². The molecule has 0 aliphatic carbocycles. The maximum Gasteiger partial charge on any atom is 0.109 e. The third-order valence-corrected chi connectivity index (χ3v) is 5.31. The van der Waals surface area contributed by atoms with E-state index in [1.165, 1.54) is 61.2 Å². The molecule has 0 spiro atoms. The maximum atomic E-state index is 2.68. The number of halogens is 1. The van der Waals surface area contributed by atoms with E-state index >= 15 is 0 Å². The SMILES string of the molecule is Br.CCCCCCN1CCN2c3ccccc3-c3ccccc3C12. The summed E-state index contributed by atoms with van der Waals surface area (Å²) in [5.41, 5.74) is 5.71. The predicted molar refractivity (Wildman–Crippen MR) is 108 cm³/mol. The van der Waals surface area contributed by atoms with Crippen molar-refractivity contribution in [1.82, 2.24) is 4.90 Å². The maximum absolute atomic E-state index is 2.68. The van der Waals surface area contributed by atoms with Crippen LogP contribution in [0.5, 0.6) is 0 Å². The fourth-order valence-electron chi connectivity index (χ4n) is 4.19. The molecule has 2 aromatic carbocycles. The molecule has 0 bridgehead atoms. The van der Waals surface area contributed by atoms with Gasteiger partial charge in [-0.3, -0.25) is 4.90 Å². The lowest BCUT2D eigenvalue weighted by Gasteiger charge is -2.38. The normalized spacial score (nSPS) is 18.5. The summed E-state index contributed by atoms with van der Waals surface area (Å²) in [6, 6.07) is 17.9. The monoisotopic (exact) mass is 386 g/mol. The van der Waals surface area contributed by atoms with Gasteiger partial charge in [-0.05, 0) is 23.6 Å². The Bertz CT molecular complexity index is 685. The molecule has 24 heavy (non-hydrogen) atoms. The van der Waals surface area contributed by atoms with Crippen LogP contribution < -0.4 is 4.90 Å². The van der Waals surface area contributed by atoms with Gasteiger partial charge in [-0.25, -0.2) is 0 Å². The summed E-state index contributed by atoms with van der Waals surface area (Å²) >= 11 is 0. The number of hydrogen-bond donors (Lipinski definition) is 0. The van der Waals surface area contributed by atoms with Crippen LogP contribution >= 0.6 is 17.0 Å². The Morgan fingerprint density at radius 2 is 1.62 bits per heavy atom. The van der Waals surface area contributed by atoms with E-state index in [1.807, 2.05) is 0 Å². The van der Waals surface area contributed by atoms with Crippen LogP contribution in [-0.4, -0.2) is 24.5 Å². The molecule has 0 saturated carbocycles. The number of unbranched alkanes of at least 4 members (excludes halogenated alkanes) is 3. The Kier molecular flexibility index (Phi) is 5.62. The molecule has 2 aliphatic heterocycles. The summed E-state index contributed by atoms with van der Waals surface area (Å²) in [4.78, 5) is 5.29. The van der Waals surface area contributed by atoms with E-state index in [0.29, 0.717) is 6.17 Å². The van der Waals surface area contributed by atoms with Crippen LogP contribution in [0.3, 0.4) is 0 Å². The van der Waals surface area contributed by atoms with E-state index < -0.39 is 0 Å². The highest BCUT2D eigenvalue weighted by atomic mass is 79.9. The molecule has 0 aromatic heterocycles. The molecule has 0 N–H and O–H groups in total. The molecule has 1 saturated heterocycles. The first-order chi connectivity index (χ1) is 11.4. The summed E-state index contributed by atoms with van der Waals surface area (Å²) < 4.78 is 0. The van der Waals surface area contributed by atoms with Crippen molar-refractivity contribution in [2.45, 2.75) is 38.8 Å². The van der Waals surface area contributed by atoms with Crippen molar-refractivity contribution in [2.75, 3.05) is 24.5 Å². The second-order valence-electron chi connectivity index (χ2n) is 6.77. The zero-order valence-corrected chi connectivity index (χ0v) is 16.2. The van der Waals surface area contributed by atoms with Crippen LogP contribution in [0.2, 0.25) is 0 Å². The highest BCUT2D eigenvalue weighted by molar-refractivity contribution is 8.93. The van der Waals surface area contributed by atoms with Gasteiger partial charge in [-0.1, -0.05) is 68.7 Å². The zero-order valence-electron chi connectivity index (χ0n) is 14.4. The number of hydrogen-bond acceptors (Lipinski definition) is 2. The molecule has 4 rings (SSSR count). The van der Waals surface area contributed by atoms with Gasteiger partial charge < -0.3 is 4.90 Å². The van der Waals surface area contributed by atoms with E-state index in [2.05, 4.69) is 65.3 Å². The summed E-state index contributed by atoms with van der Waals surface area (Å²) in [5.74, 6) is 0. The minimum absolute atomic E-state index is 0. The fraction of sp³-hybridized carbons (Fsp3) is 0.429. The number of rotatable bonds is 5. The molecule has 0 amide bonds. The molecule has 1 unspecified atom stereocenters. The molecule has 2 aliphatic rings. The first-order valence-corrected chi connectivity index (χ1v) is 9.09. The molecule has 3 heteroatoms. The van der Waals surface area contributed by atoms with Crippen LogP contribution in [0.4, 0.5) is 5.69 Å². The third kappa shape index (κ3) is 3.00. The summed E-state index contributed by atoms with van der Waals surface area (Å²) in [7, 11) is 0. The molecule has 1 fully saturated rings. The van der Waals surface area contributed by atoms with Crippen molar-refractivity contribution in [2.24, 2.45) is 0 Å². The van der Waals surface area contributed by atoms with Gasteiger partial charge >= 0.3 is 0 Å².